The molecule has 1 atom stereocenters. The zero-order valence-corrected chi connectivity index (χ0v) is 20.5. The van der Waals surface area contributed by atoms with Crippen molar-refractivity contribution in [2.75, 3.05) is 12.4 Å². The maximum atomic E-state index is 12.3. The summed E-state index contributed by atoms with van der Waals surface area (Å²) in [7, 11) is 1.39. The van der Waals surface area contributed by atoms with Gasteiger partial charge in [-0.05, 0) is 30.5 Å². The fourth-order valence-corrected chi connectivity index (χ4v) is 3.53. The number of nitrogens with zero attached hydrogens (tertiary/aromatic N) is 2. The topological polar surface area (TPSA) is 64.1 Å². The van der Waals surface area contributed by atoms with E-state index in [1.54, 1.807) is 0 Å². The van der Waals surface area contributed by atoms with E-state index in [2.05, 4.69) is 45.4 Å². The summed E-state index contributed by atoms with van der Waals surface area (Å²) < 4.78 is 4.99. The van der Waals surface area contributed by atoms with Crippen molar-refractivity contribution in [3.63, 3.8) is 0 Å². The summed E-state index contributed by atoms with van der Waals surface area (Å²) >= 11 is 0. The van der Waals surface area contributed by atoms with Gasteiger partial charge in [-0.2, -0.15) is 0 Å². The Morgan fingerprint density at radius 1 is 1.03 bits per heavy atom. The quantitative estimate of drug-likeness (QED) is 0.358. The fourth-order valence-electron chi connectivity index (χ4n) is 3.53. The van der Waals surface area contributed by atoms with E-state index in [-0.39, 0.29) is 5.97 Å². The van der Waals surface area contributed by atoms with Crippen LogP contribution in [0.1, 0.15) is 37.8 Å². The highest BCUT2D eigenvalue weighted by atomic mass is 16.5. The summed E-state index contributed by atoms with van der Waals surface area (Å²) in [5, 5.41) is 3.20. The second-order valence-corrected chi connectivity index (χ2v) is 7.66. The molecule has 1 aliphatic rings. The van der Waals surface area contributed by atoms with Crippen molar-refractivity contribution in [1.29, 1.82) is 0 Å². The summed E-state index contributed by atoms with van der Waals surface area (Å²) in [5.74, 6) is 6.63. The normalized spacial score (nSPS) is 12.7. The van der Waals surface area contributed by atoms with Gasteiger partial charge in [-0.15, -0.1) is 0 Å². The number of aromatic nitrogens is 2. The molecule has 35 heavy (non-hydrogen) atoms. The number of nitrogens with one attached hydrogen (secondary N) is 1. The number of allylic oxidation sites excluding steroid dienone is 4. The number of carbonyl (C=O) groups is 1. The lowest BCUT2D eigenvalue weighted by Gasteiger charge is -2.17. The zero-order valence-electron chi connectivity index (χ0n) is 20.5. The van der Waals surface area contributed by atoms with Gasteiger partial charge in [0.05, 0.1) is 12.8 Å². The molecule has 1 aromatic heterocycles. The number of anilines is 1. The fraction of sp³-hybridized carbons (Fsp3) is 0.233. The summed E-state index contributed by atoms with van der Waals surface area (Å²) in [6.45, 7) is 4.00. The van der Waals surface area contributed by atoms with Gasteiger partial charge in [0, 0.05) is 29.2 Å². The van der Waals surface area contributed by atoms with Crippen molar-refractivity contribution in [3.8, 4) is 23.1 Å². The van der Waals surface area contributed by atoms with Crippen LogP contribution in [0.2, 0.25) is 0 Å². The van der Waals surface area contributed by atoms with E-state index in [0.29, 0.717) is 12.2 Å². The molecule has 2 aromatic carbocycles. The number of ether oxygens (including phenoxy) is 1. The van der Waals surface area contributed by atoms with Gasteiger partial charge >= 0.3 is 5.97 Å². The number of rotatable bonds is 6. The minimum atomic E-state index is -0.555. The molecule has 0 spiro atoms. The van der Waals surface area contributed by atoms with E-state index < -0.39 is 6.04 Å². The average Bonchev–Trinajstić information content (AvgIpc) is 2.94. The molecule has 5 nitrogen and oxygen atoms in total. The Kier molecular flexibility index (Phi) is 9.83. The van der Waals surface area contributed by atoms with Gasteiger partial charge in [-0.3, -0.25) is 0 Å². The molecular formula is C30H31N3O2. The largest absolute Gasteiger partial charge is 0.467 e. The van der Waals surface area contributed by atoms with Gasteiger partial charge in [0.1, 0.15) is 18.2 Å². The van der Waals surface area contributed by atoms with E-state index in [4.69, 9.17) is 4.74 Å². The van der Waals surface area contributed by atoms with Gasteiger partial charge in [0.2, 0.25) is 0 Å². The van der Waals surface area contributed by atoms with Crippen molar-refractivity contribution in [1.82, 2.24) is 9.97 Å². The van der Waals surface area contributed by atoms with Gasteiger partial charge in [0.25, 0.3) is 0 Å². The monoisotopic (exact) mass is 465 g/mol. The Labute approximate surface area is 208 Å². The Bertz CT molecular complexity index is 1220. The number of benzene rings is 2. The molecule has 1 heterocycles. The summed E-state index contributed by atoms with van der Waals surface area (Å²) in [5.41, 5.74) is 4.74. The molecule has 0 bridgehead atoms. The molecule has 0 amide bonds. The number of carbonyl (C=O) groups excluding carboxylic acids is 1. The van der Waals surface area contributed by atoms with Crippen LogP contribution >= 0.6 is 0 Å². The first kappa shape index (κ1) is 25.5. The second kappa shape index (κ2) is 13.5. The lowest BCUT2D eigenvalue weighted by atomic mass is 10.1. The van der Waals surface area contributed by atoms with E-state index >= 15 is 0 Å². The van der Waals surface area contributed by atoms with Gasteiger partial charge in [-0.25, -0.2) is 14.8 Å². The molecular weight excluding hydrogens is 434 g/mol. The smallest absolute Gasteiger partial charge is 0.328 e. The van der Waals surface area contributed by atoms with Crippen LogP contribution in [0.3, 0.4) is 0 Å². The Morgan fingerprint density at radius 3 is 2.49 bits per heavy atom. The third kappa shape index (κ3) is 7.68. The molecule has 5 heteroatoms. The van der Waals surface area contributed by atoms with Crippen molar-refractivity contribution in [3.05, 3.63) is 102 Å². The van der Waals surface area contributed by atoms with E-state index in [9.17, 15) is 4.79 Å². The third-order valence-electron chi connectivity index (χ3n) is 5.28. The number of hydrogen-bond donors (Lipinski definition) is 1. The van der Waals surface area contributed by atoms with Crippen molar-refractivity contribution in [2.24, 2.45) is 0 Å². The summed E-state index contributed by atoms with van der Waals surface area (Å²) in [6, 6.07) is 19.0. The van der Waals surface area contributed by atoms with Crippen LogP contribution in [0.25, 0.3) is 11.3 Å². The van der Waals surface area contributed by atoms with Crippen molar-refractivity contribution >= 4 is 11.8 Å². The van der Waals surface area contributed by atoms with E-state index in [0.717, 1.165) is 40.8 Å². The van der Waals surface area contributed by atoms with Crippen LogP contribution in [0.4, 0.5) is 5.82 Å². The third-order valence-corrected chi connectivity index (χ3v) is 5.28. The standard InChI is InChI=1S/C28H25N3O2.C2H6/c1-33-28(32)26(18-23-10-6-3-7-11-23)31-27-19-25(29-20-30-27)24-16-14-22(15-17-24)13-12-21-8-4-2-5-9-21;1-2/h3-4,6-11,14-17,19-20,26H,2,5,18H2,1H3,(H,29,30,31);1-2H3. The van der Waals surface area contributed by atoms with Gasteiger partial charge < -0.3 is 10.1 Å². The molecule has 0 saturated carbocycles. The predicted molar refractivity (Wildman–Crippen MR) is 142 cm³/mol. The molecule has 1 N–H and O–H groups in total. The second-order valence-electron chi connectivity index (χ2n) is 7.66. The molecule has 4 rings (SSSR count). The maximum absolute atomic E-state index is 12.3. The number of methoxy groups -OCH3 is 1. The summed E-state index contributed by atoms with van der Waals surface area (Å²) in [4.78, 5) is 21.0. The van der Waals surface area contributed by atoms with Crippen molar-refractivity contribution < 1.29 is 9.53 Å². The van der Waals surface area contributed by atoms with Crippen LogP contribution in [0, 0.1) is 11.8 Å². The Balaban J connectivity index is 0.00000167. The molecule has 3 aromatic rings. The van der Waals surface area contributed by atoms with Crippen LogP contribution in [0.15, 0.2) is 90.8 Å². The van der Waals surface area contributed by atoms with Crippen LogP contribution in [0.5, 0.6) is 0 Å². The first-order valence-electron chi connectivity index (χ1n) is 11.9. The zero-order chi connectivity index (χ0) is 24.9. The minimum absolute atomic E-state index is 0.343. The van der Waals surface area contributed by atoms with E-state index in [1.807, 2.05) is 74.5 Å². The molecule has 1 unspecified atom stereocenters. The van der Waals surface area contributed by atoms with E-state index in [1.165, 1.54) is 13.4 Å². The lowest BCUT2D eigenvalue weighted by Crippen LogP contribution is -2.33. The minimum Gasteiger partial charge on any atom is -0.467 e. The molecule has 178 valence electrons. The van der Waals surface area contributed by atoms with Crippen LogP contribution < -0.4 is 5.32 Å². The first-order valence-corrected chi connectivity index (χ1v) is 11.9. The molecule has 0 radical (unpaired) electrons. The number of hydrogen-bond acceptors (Lipinski definition) is 5. The molecule has 1 aliphatic carbocycles. The highest BCUT2D eigenvalue weighted by molar-refractivity contribution is 5.79. The SMILES string of the molecule is CC.COC(=O)C(Cc1ccccc1)Nc1cc(-c2ccc(C#CC3=CCCC=C3)cc2)ncn1. The Hall–Kier alpha value is -4.17. The predicted octanol–water partition coefficient (Wildman–Crippen LogP) is 5.99. The Morgan fingerprint density at radius 2 is 1.80 bits per heavy atom. The maximum Gasteiger partial charge on any atom is 0.328 e. The van der Waals surface area contributed by atoms with Crippen LogP contribution in [-0.4, -0.2) is 29.1 Å². The van der Waals surface area contributed by atoms with Crippen LogP contribution in [-0.2, 0) is 16.0 Å². The average molecular weight is 466 g/mol. The summed E-state index contributed by atoms with van der Waals surface area (Å²) in [6.07, 6.45) is 10.5. The molecule has 0 aliphatic heterocycles. The lowest BCUT2D eigenvalue weighted by molar-refractivity contribution is -0.141. The first-order chi connectivity index (χ1) is 17.2. The highest BCUT2D eigenvalue weighted by Crippen LogP contribution is 2.20. The van der Waals surface area contributed by atoms with Gasteiger partial charge in [0.15, 0.2) is 0 Å². The molecule has 0 fully saturated rings. The highest BCUT2D eigenvalue weighted by Gasteiger charge is 2.20. The number of esters is 1. The van der Waals surface area contributed by atoms with Gasteiger partial charge in [-0.1, -0.05) is 86.4 Å². The molecule has 0 saturated heterocycles. The van der Waals surface area contributed by atoms with Crippen molar-refractivity contribution in [2.45, 2.75) is 39.2 Å².